The first kappa shape index (κ1) is 18.6. The van der Waals surface area contributed by atoms with Gasteiger partial charge in [-0.1, -0.05) is 38.1 Å². The molecule has 0 atom stereocenters. The lowest BCUT2D eigenvalue weighted by molar-refractivity contribution is 0.669. The van der Waals surface area contributed by atoms with Gasteiger partial charge in [0.1, 0.15) is 11.2 Å². The van der Waals surface area contributed by atoms with E-state index in [0.717, 1.165) is 33.2 Å². The molecule has 3 aromatic carbocycles. The highest BCUT2D eigenvalue weighted by Gasteiger charge is 2.12. The Hall–Kier alpha value is -3.39. The first-order chi connectivity index (χ1) is 14.5. The van der Waals surface area contributed by atoms with E-state index in [4.69, 9.17) is 4.42 Å². The highest BCUT2D eigenvalue weighted by atomic mass is 16.3. The van der Waals surface area contributed by atoms with E-state index in [1.807, 2.05) is 6.20 Å². The van der Waals surface area contributed by atoms with Crippen LogP contribution in [0, 0.1) is 13.8 Å². The molecule has 0 radical (unpaired) electrons. The van der Waals surface area contributed by atoms with E-state index in [1.54, 1.807) is 0 Å². The van der Waals surface area contributed by atoms with Crippen molar-refractivity contribution in [2.45, 2.75) is 33.6 Å². The van der Waals surface area contributed by atoms with Gasteiger partial charge < -0.3 is 4.42 Å². The highest BCUT2D eigenvalue weighted by molar-refractivity contribution is 6.07. The summed E-state index contributed by atoms with van der Waals surface area (Å²) < 4.78 is 6.23. The Morgan fingerprint density at radius 2 is 1.50 bits per heavy atom. The number of benzene rings is 3. The topological polar surface area (TPSA) is 26.0 Å². The van der Waals surface area contributed by atoms with Crippen LogP contribution in [-0.2, 0) is 0 Å². The number of nitrogens with zero attached hydrogens (tertiary/aromatic N) is 1. The van der Waals surface area contributed by atoms with Gasteiger partial charge in [-0.25, -0.2) is 0 Å². The molecule has 0 unspecified atom stereocenters. The third-order valence-corrected chi connectivity index (χ3v) is 5.99. The normalized spacial score (nSPS) is 11.6. The Bertz CT molecular complexity index is 1370. The van der Waals surface area contributed by atoms with Crippen molar-refractivity contribution in [3.8, 4) is 22.4 Å². The number of furan rings is 1. The molecule has 0 saturated heterocycles. The molecule has 2 aromatic heterocycles. The summed E-state index contributed by atoms with van der Waals surface area (Å²) in [5, 5.41) is 2.27. The van der Waals surface area contributed by atoms with E-state index in [-0.39, 0.29) is 0 Å². The van der Waals surface area contributed by atoms with E-state index in [1.165, 1.54) is 27.8 Å². The Morgan fingerprint density at radius 3 is 2.27 bits per heavy atom. The van der Waals surface area contributed by atoms with Crippen LogP contribution < -0.4 is 0 Å². The number of fused-ring (bicyclic) bond motifs is 3. The molecule has 0 N–H and O–H groups in total. The zero-order chi connectivity index (χ0) is 20.8. The predicted molar refractivity (Wildman–Crippen MR) is 126 cm³/mol. The Balaban J connectivity index is 1.65. The van der Waals surface area contributed by atoms with Crippen molar-refractivity contribution in [2.75, 3.05) is 0 Å². The van der Waals surface area contributed by atoms with Crippen LogP contribution in [0.1, 0.15) is 36.5 Å². The van der Waals surface area contributed by atoms with Gasteiger partial charge in [-0.2, -0.15) is 0 Å². The van der Waals surface area contributed by atoms with Crippen LogP contribution in [0.5, 0.6) is 0 Å². The summed E-state index contributed by atoms with van der Waals surface area (Å²) in [4.78, 5) is 4.61. The molecule has 30 heavy (non-hydrogen) atoms. The molecule has 0 bridgehead atoms. The molecule has 5 rings (SSSR count). The summed E-state index contributed by atoms with van der Waals surface area (Å²) in [6, 6.07) is 23.6. The van der Waals surface area contributed by atoms with E-state index in [9.17, 15) is 0 Å². The molecule has 0 saturated carbocycles. The lowest BCUT2D eigenvalue weighted by atomic mass is 9.95. The van der Waals surface area contributed by atoms with Crippen LogP contribution in [0.4, 0.5) is 0 Å². The SMILES string of the molecule is Cc1cccc(C)c1-c1ccc2c(c1)oc1ccc(-c3cc(C(C)C)ccn3)cc12. The second-order valence-electron chi connectivity index (χ2n) is 8.42. The summed E-state index contributed by atoms with van der Waals surface area (Å²) in [5.74, 6) is 0.480. The zero-order valence-corrected chi connectivity index (χ0v) is 17.9. The van der Waals surface area contributed by atoms with Crippen LogP contribution in [0.3, 0.4) is 0 Å². The number of pyridine rings is 1. The maximum absolute atomic E-state index is 6.23. The van der Waals surface area contributed by atoms with Crippen molar-refractivity contribution in [2.24, 2.45) is 0 Å². The largest absolute Gasteiger partial charge is 0.456 e. The van der Waals surface area contributed by atoms with Gasteiger partial charge in [-0.15, -0.1) is 0 Å². The Morgan fingerprint density at radius 1 is 0.733 bits per heavy atom. The van der Waals surface area contributed by atoms with Gasteiger partial charge in [0.25, 0.3) is 0 Å². The van der Waals surface area contributed by atoms with Crippen LogP contribution >= 0.6 is 0 Å². The van der Waals surface area contributed by atoms with Crippen molar-refractivity contribution in [3.63, 3.8) is 0 Å². The predicted octanol–water partition coefficient (Wildman–Crippen LogP) is 8.06. The third-order valence-electron chi connectivity index (χ3n) is 5.99. The number of hydrogen-bond donors (Lipinski definition) is 0. The second kappa shape index (κ2) is 7.14. The van der Waals surface area contributed by atoms with Gasteiger partial charge in [0.05, 0.1) is 5.69 Å². The molecule has 2 heterocycles. The number of rotatable bonds is 3. The number of aryl methyl sites for hydroxylation is 2. The molecule has 5 aromatic rings. The molecule has 148 valence electrons. The summed E-state index contributed by atoms with van der Waals surface area (Å²) in [7, 11) is 0. The van der Waals surface area contributed by atoms with Crippen molar-refractivity contribution in [1.29, 1.82) is 0 Å². The van der Waals surface area contributed by atoms with E-state index in [0.29, 0.717) is 5.92 Å². The molecule has 0 aliphatic rings. The number of aromatic nitrogens is 1. The van der Waals surface area contributed by atoms with E-state index < -0.39 is 0 Å². The van der Waals surface area contributed by atoms with Gasteiger partial charge in [0.2, 0.25) is 0 Å². The summed E-state index contributed by atoms with van der Waals surface area (Å²) in [6.07, 6.45) is 1.90. The zero-order valence-electron chi connectivity index (χ0n) is 17.9. The summed E-state index contributed by atoms with van der Waals surface area (Å²) in [6.45, 7) is 8.74. The fourth-order valence-electron chi connectivity index (χ4n) is 4.33. The standard InChI is InChI=1S/C28H25NO/c1-17(2)20-12-13-29-25(15-20)21-9-11-26-24(14-21)23-10-8-22(16-27(23)30-26)28-18(3)6-5-7-19(28)4/h5-17H,1-4H3. The Kier molecular flexibility index (Phi) is 4.43. The maximum Gasteiger partial charge on any atom is 0.136 e. The third kappa shape index (κ3) is 3.09. The highest BCUT2D eigenvalue weighted by Crippen LogP contribution is 2.36. The van der Waals surface area contributed by atoms with Crippen LogP contribution in [0.15, 0.2) is 77.3 Å². The van der Waals surface area contributed by atoms with Crippen molar-refractivity contribution >= 4 is 21.9 Å². The fraction of sp³-hybridized carbons (Fsp3) is 0.179. The Labute approximate surface area is 177 Å². The molecule has 0 spiro atoms. The molecule has 2 nitrogen and oxygen atoms in total. The van der Waals surface area contributed by atoms with Crippen LogP contribution in [-0.4, -0.2) is 4.98 Å². The molecule has 0 aliphatic heterocycles. The molecule has 0 amide bonds. The number of hydrogen-bond acceptors (Lipinski definition) is 2. The molecule has 2 heteroatoms. The van der Waals surface area contributed by atoms with Gasteiger partial charge in [-0.05, 0) is 90.0 Å². The smallest absolute Gasteiger partial charge is 0.136 e. The van der Waals surface area contributed by atoms with Gasteiger partial charge in [0.15, 0.2) is 0 Å². The molecular formula is C28H25NO. The average molecular weight is 392 g/mol. The first-order valence-corrected chi connectivity index (χ1v) is 10.5. The average Bonchev–Trinajstić information content (AvgIpc) is 3.11. The maximum atomic E-state index is 6.23. The molecule has 0 fully saturated rings. The van der Waals surface area contributed by atoms with Crippen LogP contribution in [0.2, 0.25) is 0 Å². The minimum Gasteiger partial charge on any atom is -0.456 e. The summed E-state index contributed by atoms with van der Waals surface area (Å²) in [5.41, 5.74) is 10.3. The van der Waals surface area contributed by atoms with Gasteiger partial charge in [-0.3, -0.25) is 4.98 Å². The van der Waals surface area contributed by atoms with Crippen LogP contribution in [0.25, 0.3) is 44.3 Å². The lowest BCUT2D eigenvalue weighted by Crippen LogP contribution is -1.90. The molecular weight excluding hydrogens is 366 g/mol. The first-order valence-electron chi connectivity index (χ1n) is 10.5. The minimum atomic E-state index is 0.480. The fourth-order valence-corrected chi connectivity index (χ4v) is 4.33. The summed E-state index contributed by atoms with van der Waals surface area (Å²) >= 11 is 0. The lowest BCUT2D eigenvalue weighted by Gasteiger charge is -2.09. The van der Waals surface area contributed by atoms with Crippen molar-refractivity contribution < 1.29 is 4.42 Å². The van der Waals surface area contributed by atoms with Crippen molar-refractivity contribution in [1.82, 2.24) is 4.98 Å². The quantitative estimate of drug-likeness (QED) is 0.311. The second-order valence-corrected chi connectivity index (χ2v) is 8.42. The van der Waals surface area contributed by atoms with Crippen molar-refractivity contribution in [3.05, 3.63) is 89.6 Å². The van der Waals surface area contributed by atoms with E-state index in [2.05, 4.69) is 99.4 Å². The molecule has 0 aliphatic carbocycles. The van der Waals surface area contributed by atoms with Gasteiger partial charge in [0, 0.05) is 22.5 Å². The minimum absolute atomic E-state index is 0.480. The monoisotopic (exact) mass is 391 g/mol. The van der Waals surface area contributed by atoms with E-state index >= 15 is 0 Å². The van der Waals surface area contributed by atoms with Gasteiger partial charge >= 0.3 is 0 Å².